The second-order valence-corrected chi connectivity index (χ2v) is 4.87. The Labute approximate surface area is 111 Å². The third-order valence-corrected chi connectivity index (χ3v) is 3.18. The van der Waals surface area contributed by atoms with Crippen molar-refractivity contribution >= 4 is 16.7 Å². The molecule has 0 spiro atoms. The first-order valence-electron chi connectivity index (χ1n) is 5.93. The number of benzene rings is 2. The Morgan fingerprint density at radius 1 is 1.11 bits per heavy atom. The molecule has 2 rings (SSSR count). The van der Waals surface area contributed by atoms with Crippen molar-refractivity contribution in [2.24, 2.45) is 0 Å². The van der Waals surface area contributed by atoms with Gasteiger partial charge in [-0.3, -0.25) is 5.26 Å². The molecule has 0 saturated heterocycles. The SMILES string of the molecule is COC(=O)c1ccc2cc(C(C)(C)OO)ccc2c1. The number of carbonyl (C=O) groups excluding carboxylic acids is 1. The molecule has 0 atom stereocenters. The molecule has 0 aliphatic rings. The Hall–Kier alpha value is -1.91. The molecule has 0 aromatic heterocycles. The molecule has 4 nitrogen and oxygen atoms in total. The van der Waals surface area contributed by atoms with Crippen LogP contribution in [-0.2, 0) is 15.2 Å². The second kappa shape index (κ2) is 4.99. The lowest BCUT2D eigenvalue weighted by atomic mass is 9.95. The second-order valence-electron chi connectivity index (χ2n) is 4.87. The van der Waals surface area contributed by atoms with Gasteiger partial charge in [0.1, 0.15) is 5.60 Å². The van der Waals surface area contributed by atoms with Gasteiger partial charge in [0.25, 0.3) is 0 Å². The maximum absolute atomic E-state index is 11.5. The van der Waals surface area contributed by atoms with Crippen molar-refractivity contribution in [2.75, 3.05) is 7.11 Å². The van der Waals surface area contributed by atoms with Gasteiger partial charge in [-0.1, -0.05) is 18.2 Å². The summed E-state index contributed by atoms with van der Waals surface area (Å²) < 4.78 is 4.69. The minimum atomic E-state index is -0.769. The van der Waals surface area contributed by atoms with E-state index in [1.54, 1.807) is 26.0 Å². The average molecular weight is 260 g/mol. The van der Waals surface area contributed by atoms with Crippen molar-refractivity contribution in [1.29, 1.82) is 0 Å². The molecule has 4 heteroatoms. The monoisotopic (exact) mass is 260 g/mol. The number of fused-ring (bicyclic) bond motifs is 1. The van der Waals surface area contributed by atoms with E-state index < -0.39 is 5.60 Å². The van der Waals surface area contributed by atoms with Gasteiger partial charge >= 0.3 is 5.97 Å². The Morgan fingerprint density at radius 2 is 1.74 bits per heavy atom. The number of rotatable bonds is 3. The zero-order valence-corrected chi connectivity index (χ0v) is 11.1. The van der Waals surface area contributed by atoms with Crippen LogP contribution in [0.1, 0.15) is 29.8 Å². The highest BCUT2D eigenvalue weighted by molar-refractivity contribution is 5.95. The third-order valence-electron chi connectivity index (χ3n) is 3.18. The Kier molecular flexibility index (Phi) is 3.55. The Bertz CT molecular complexity index is 617. The van der Waals surface area contributed by atoms with Gasteiger partial charge in [-0.15, -0.1) is 0 Å². The molecule has 0 aliphatic carbocycles. The third kappa shape index (κ3) is 2.59. The fourth-order valence-corrected chi connectivity index (χ4v) is 1.92. The predicted octanol–water partition coefficient (Wildman–Crippen LogP) is 3.35. The molecule has 1 N–H and O–H groups in total. The molecule has 2 aromatic carbocycles. The Balaban J connectivity index is 2.49. The first-order valence-corrected chi connectivity index (χ1v) is 5.93. The van der Waals surface area contributed by atoms with Gasteiger partial charge in [-0.05, 0) is 48.4 Å². The summed E-state index contributed by atoms with van der Waals surface area (Å²) in [6.07, 6.45) is 0. The zero-order chi connectivity index (χ0) is 14.0. The van der Waals surface area contributed by atoms with Crippen molar-refractivity contribution in [3.05, 3.63) is 47.5 Å². The van der Waals surface area contributed by atoms with Crippen LogP contribution in [0.3, 0.4) is 0 Å². The van der Waals surface area contributed by atoms with E-state index in [1.807, 2.05) is 24.3 Å². The van der Waals surface area contributed by atoms with Crippen LogP contribution in [0.15, 0.2) is 36.4 Å². The molecule has 100 valence electrons. The summed E-state index contributed by atoms with van der Waals surface area (Å²) in [7, 11) is 1.36. The number of esters is 1. The maximum Gasteiger partial charge on any atom is 0.337 e. The molecular weight excluding hydrogens is 244 g/mol. The molecule has 0 saturated carbocycles. The predicted molar refractivity (Wildman–Crippen MR) is 72.0 cm³/mol. The van der Waals surface area contributed by atoms with E-state index in [2.05, 4.69) is 9.62 Å². The van der Waals surface area contributed by atoms with Crippen molar-refractivity contribution in [3.8, 4) is 0 Å². The number of hydrogen-bond donors (Lipinski definition) is 1. The number of methoxy groups -OCH3 is 1. The van der Waals surface area contributed by atoms with E-state index in [4.69, 9.17) is 5.26 Å². The van der Waals surface area contributed by atoms with Gasteiger partial charge < -0.3 is 4.74 Å². The van der Waals surface area contributed by atoms with Crippen molar-refractivity contribution in [1.82, 2.24) is 0 Å². The number of carbonyl (C=O) groups is 1. The fraction of sp³-hybridized carbons (Fsp3) is 0.267. The van der Waals surface area contributed by atoms with E-state index in [0.29, 0.717) is 5.56 Å². The van der Waals surface area contributed by atoms with Gasteiger partial charge in [0.05, 0.1) is 12.7 Å². The van der Waals surface area contributed by atoms with E-state index in [9.17, 15) is 4.79 Å². The number of hydrogen-bond acceptors (Lipinski definition) is 4. The molecule has 0 fully saturated rings. The zero-order valence-electron chi connectivity index (χ0n) is 11.1. The molecular formula is C15H16O4. The van der Waals surface area contributed by atoms with E-state index in [1.165, 1.54) is 7.11 Å². The van der Waals surface area contributed by atoms with Crippen LogP contribution in [0.25, 0.3) is 10.8 Å². The van der Waals surface area contributed by atoms with Gasteiger partial charge in [0.2, 0.25) is 0 Å². The summed E-state index contributed by atoms with van der Waals surface area (Å²) in [6.45, 7) is 3.55. The van der Waals surface area contributed by atoms with Crippen LogP contribution in [0.4, 0.5) is 0 Å². The van der Waals surface area contributed by atoms with E-state index >= 15 is 0 Å². The lowest BCUT2D eigenvalue weighted by molar-refractivity contribution is -0.318. The van der Waals surface area contributed by atoms with Crippen molar-refractivity contribution in [3.63, 3.8) is 0 Å². The molecule has 0 amide bonds. The molecule has 0 heterocycles. The van der Waals surface area contributed by atoms with Crippen LogP contribution in [0, 0.1) is 0 Å². The van der Waals surface area contributed by atoms with Crippen molar-refractivity contribution < 1.29 is 19.7 Å². The summed E-state index contributed by atoms with van der Waals surface area (Å²) in [5, 5.41) is 10.8. The minimum Gasteiger partial charge on any atom is -0.465 e. The molecule has 0 unspecified atom stereocenters. The quantitative estimate of drug-likeness (QED) is 0.522. The smallest absolute Gasteiger partial charge is 0.337 e. The van der Waals surface area contributed by atoms with E-state index in [0.717, 1.165) is 16.3 Å². The highest BCUT2D eigenvalue weighted by Gasteiger charge is 2.21. The summed E-state index contributed by atoms with van der Waals surface area (Å²) in [5.74, 6) is -0.356. The summed E-state index contributed by atoms with van der Waals surface area (Å²) in [5.41, 5.74) is 0.601. The minimum absolute atomic E-state index is 0.356. The lowest BCUT2D eigenvalue weighted by Crippen LogP contribution is -2.19. The number of ether oxygens (including phenoxy) is 1. The van der Waals surface area contributed by atoms with Gasteiger partial charge in [-0.25, -0.2) is 9.68 Å². The van der Waals surface area contributed by atoms with Crippen LogP contribution in [-0.4, -0.2) is 18.3 Å². The summed E-state index contributed by atoms with van der Waals surface area (Å²) in [4.78, 5) is 15.9. The average Bonchev–Trinajstić information content (AvgIpc) is 2.45. The van der Waals surface area contributed by atoms with Crippen LogP contribution >= 0.6 is 0 Å². The lowest BCUT2D eigenvalue weighted by Gasteiger charge is -2.21. The van der Waals surface area contributed by atoms with Crippen LogP contribution in [0.5, 0.6) is 0 Å². The standard InChI is InChI=1S/C15H16O4/c1-15(2,19-17)13-7-6-10-8-12(14(16)18-3)5-4-11(10)9-13/h4-9,17H,1-3H3. The van der Waals surface area contributed by atoms with Crippen LogP contribution in [0.2, 0.25) is 0 Å². The highest BCUT2D eigenvalue weighted by Crippen LogP contribution is 2.27. The van der Waals surface area contributed by atoms with Gasteiger partial charge in [0.15, 0.2) is 0 Å². The molecule has 0 aliphatic heterocycles. The largest absolute Gasteiger partial charge is 0.465 e. The maximum atomic E-state index is 11.5. The topological polar surface area (TPSA) is 55.8 Å². The Morgan fingerprint density at radius 3 is 2.37 bits per heavy atom. The van der Waals surface area contributed by atoms with Crippen molar-refractivity contribution in [2.45, 2.75) is 19.4 Å². The normalized spacial score (nSPS) is 11.6. The molecule has 0 bridgehead atoms. The van der Waals surface area contributed by atoms with E-state index in [-0.39, 0.29) is 5.97 Å². The first-order chi connectivity index (χ1) is 8.97. The fourth-order valence-electron chi connectivity index (χ4n) is 1.92. The first kappa shape index (κ1) is 13.5. The van der Waals surface area contributed by atoms with Crippen LogP contribution < -0.4 is 0 Å². The molecule has 0 radical (unpaired) electrons. The van der Waals surface area contributed by atoms with Gasteiger partial charge in [-0.2, -0.15) is 0 Å². The van der Waals surface area contributed by atoms with Gasteiger partial charge in [0, 0.05) is 0 Å². The molecule has 19 heavy (non-hydrogen) atoms. The molecule has 2 aromatic rings. The summed E-state index contributed by atoms with van der Waals surface area (Å²) >= 11 is 0. The summed E-state index contributed by atoms with van der Waals surface area (Å²) in [6, 6.07) is 11.0. The highest BCUT2D eigenvalue weighted by atomic mass is 17.1.